The quantitative estimate of drug-likeness (QED) is 0.872. The van der Waals surface area contributed by atoms with E-state index in [2.05, 4.69) is 15.9 Å². The minimum atomic E-state index is -4.45. The van der Waals surface area contributed by atoms with Gasteiger partial charge in [0, 0.05) is 23.1 Å². The Kier molecular flexibility index (Phi) is 4.55. The molecule has 20 heavy (non-hydrogen) atoms. The van der Waals surface area contributed by atoms with Crippen molar-refractivity contribution >= 4 is 15.9 Å². The van der Waals surface area contributed by atoms with Crippen molar-refractivity contribution in [3.05, 3.63) is 46.1 Å². The molecule has 1 N–H and O–H groups in total. The highest BCUT2D eigenvalue weighted by Crippen LogP contribution is 2.39. The Bertz CT molecular complexity index is 590. The molecular formula is C14H12BrF3O2. The van der Waals surface area contributed by atoms with E-state index in [1.807, 2.05) is 0 Å². The molecule has 1 aromatic heterocycles. The Labute approximate surface area is 122 Å². The summed E-state index contributed by atoms with van der Waals surface area (Å²) in [6.45, 7) is 0.0160. The minimum Gasteiger partial charge on any atom is -0.461 e. The first-order valence-corrected chi connectivity index (χ1v) is 6.78. The number of rotatable bonds is 4. The maximum Gasteiger partial charge on any atom is 0.417 e. The highest BCUT2D eigenvalue weighted by molar-refractivity contribution is 9.10. The van der Waals surface area contributed by atoms with Crippen LogP contribution < -0.4 is 0 Å². The number of aryl methyl sites for hydroxylation is 1. The molecule has 0 bridgehead atoms. The molecule has 0 aliphatic heterocycles. The van der Waals surface area contributed by atoms with Crippen molar-refractivity contribution in [1.29, 1.82) is 0 Å². The molecule has 2 nitrogen and oxygen atoms in total. The normalized spacial score (nSPS) is 11.8. The topological polar surface area (TPSA) is 33.4 Å². The zero-order valence-electron chi connectivity index (χ0n) is 10.4. The summed E-state index contributed by atoms with van der Waals surface area (Å²) in [4.78, 5) is 0. The second kappa shape index (κ2) is 6.01. The molecule has 0 aliphatic rings. The van der Waals surface area contributed by atoms with Gasteiger partial charge in [0.2, 0.25) is 0 Å². The van der Waals surface area contributed by atoms with Crippen LogP contribution in [0.25, 0.3) is 11.3 Å². The molecule has 2 rings (SSSR count). The summed E-state index contributed by atoms with van der Waals surface area (Å²) in [5, 5.41) is 8.74. The third-order valence-electron chi connectivity index (χ3n) is 2.80. The monoisotopic (exact) mass is 348 g/mol. The van der Waals surface area contributed by atoms with Crippen LogP contribution in [0.2, 0.25) is 0 Å². The van der Waals surface area contributed by atoms with E-state index in [1.54, 1.807) is 12.1 Å². The first-order valence-electron chi connectivity index (χ1n) is 5.98. The van der Waals surface area contributed by atoms with Crippen LogP contribution in [-0.4, -0.2) is 11.7 Å². The van der Waals surface area contributed by atoms with Crippen LogP contribution in [0.15, 0.2) is 39.2 Å². The zero-order chi connectivity index (χ0) is 14.8. The minimum absolute atomic E-state index is 0.0101. The predicted octanol–water partition coefficient (Wildman–Crippen LogP) is 4.65. The molecule has 1 heterocycles. The number of benzene rings is 1. The summed E-state index contributed by atoms with van der Waals surface area (Å²) in [5.74, 6) is 0.739. The molecule has 6 heteroatoms. The summed E-state index contributed by atoms with van der Waals surface area (Å²) in [5.41, 5.74) is -0.731. The van der Waals surface area contributed by atoms with Gasteiger partial charge in [-0.25, -0.2) is 0 Å². The van der Waals surface area contributed by atoms with E-state index in [1.165, 1.54) is 12.1 Å². The van der Waals surface area contributed by atoms with E-state index in [-0.39, 0.29) is 17.9 Å². The number of hydrogen-bond acceptors (Lipinski definition) is 2. The van der Waals surface area contributed by atoms with Gasteiger partial charge in [0.15, 0.2) is 0 Å². The van der Waals surface area contributed by atoms with E-state index in [4.69, 9.17) is 9.52 Å². The van der Waals surface area contributed by atoms with Gasteiger partial charge in [-0.3, -0.25) is 0 Å². The van der Waals surface area contributed by atoms with Crippen molar-refractivity contribution in [3.63, 3.8) is 0 Å². The number of halogens is 4. The van der Waals surface area contributed by atoms with Gasteiger partial charge in [-0.15, -0.1) is 0 Å². The van der Waals surface area contributed by atoms with Gasteiger partial charge in [-0.05, 0) is 36.8 Å². The van der Waals surface area contributed by atoms with Crippen LogP contribution in [0.4, 0.5) is 13.2 Å². The van der Waals surface area contributed by atoms with E-state index < -0.39 is 11.7 Å². The van der Waals surface area contributed by atoms with Gasteiger partial charge >= 0.3 is 6.18 Å². The van der Waals surface area contributed by atoms with Gasteiger partial charge in [0.25, 0.3) is 0 Å². The molecule has 0 saturated carbocycles. The van der Waals surface area contributed by atoms with Crippen LogP contribution in [0.3, 0.4) is 0 Å². The largest absolute Gasteiger partial charge is 0.461 e. The Morgan fingerprint density at radius 3 is 2.55 bits per heavy atom. The average molecular weight is 349 g/mol. The van der Waals surface area contributed by atoms with Crippen molar-refractivity contribution < 1.29 is 22.7 Å². The van der Waals surface area contributed by atoms with Crippen LogP contribution in [0.1, 0.15) is 17.7 Å². The molecule has 0 atom stereocenters. The number of aliphatic hydroxyl groups is 1. The summed E-state index contributed by atoms with van der Waals surface area (Å²) < 4.78 is 44.9. The van der Waals surface area contributed by atoms with E-state index in [9.17, 15) is 13.2 Å². The maximum atomic E-state index is 13.0. The van der Waals surface area contributed by atoms with Gasteiger partial charge < -0.3 is 9.52 Å². The molecule has 0 fully saturated rings. The molecule has 0 spiro atoms. The number of aliphatic hydroxyl groups excluding tert-OH is 1. The van der Waals surface area contributed by atoms with Crippen LogP contribution >= 0.6 is 15.9 Å². The van der Waals surface area contributed by atoms with Crippen LogP contribution in [0.5, 0.6) is 0 Å². The lowest BCUT2D eigenvalue weighted by molar-refractivity contribution is -0.137. The van der Waals surface area contributed by atoms with Gasteiger partial charge in [-0.2, -0.15) is 13.2 Å². The lowest BCUT2D eigenvalue weighted by atomic mass is 10.1. The van der Waals surface area contributed by atoms with E-state index in [0.29, 0.717) is 23.1 Å². The fraction of sp³-hybridized carbons (Fsp3) is 0.286. The molecule has 0 unspecified atom stereocenters. The zero-order valence-corrected chi connectivity index (χ0v) is 12.0. The standard InChI is InChI=1S/C14H12BrF3O2/c15-9-3-5-11(12(8-9)14(16,17)18)13-6-4-10(20-13)2-1-7-19/h3-6,8,19H,1-2,7H2. The SMILES string of the molecule is OCCCc1ccc(-c2ccc(Br)cc2C(F)(F)F)o1. The Morgan fingerprint density at radius 1 is 1.15 bits per heavy atom. The molecule has 1 aromatic carbocycles. The predicted molar refractivity (Wildman–Crippen MR) is 72.3 cm³/mol. The van der Waals surface area contributed by atoms with E-state index in [0.717, 1.165) is 6.07 Å². The summed E-state index contributed by atoms with van der Waals surface area (Å²) in [6, 6.07) is 7.10. The van der Waals surface area contributed by atoms with Crippen molar-refractivity contribution in [1.82, 2.24) is 0 Å². The van der Waals surface area contributed by atoms with Crippen molar-refractivity contribution in [3.8, 4) is 11.3 Å². The maximum absolute atomic E-state index is 13.0. The smallest absolute Gasteiger partial charge is 0.417 e. The number of alkyl halides is 3. The lowest BCUT2D eigenvalue weighted by Gasteiger charge is -2.11. The number of hydrogen-bond donors (Lipinski definition) is 1. The second-order valence-electron chi connectivity index (χ2n) is 4.28. The highest BCUT2D eigenvalue weighted by atomic mass is 79.9. The lowest BCUT2D eigenvalue weighted by Crippen LogP contribution is -2.06. The number of furan rings is 1. The second-order valence-corrected chi connectivity index (χ2v) is 5.20. The van der Waals surface area contributed by atoms with Crippen LogP contribution in [0, 0.1) is 0 Å². The summed E-state index contributed by atoms with van der Waals surface area (Å²) in [6.07, 6.45) is -3.44. The highest BCUT2D eigenvalue weighted by Gasteiger charge is 2.34. The van der Waals surface area contributed by atoms with E-state index >= 15 is 0 Å². The molecule has 0 saturated heterocycles. The van der Waals surface area contributed by atoms with Crippen molar-refractivity contribution in [2.45, 2.75) is 19.0 Å². The molecule has 108 valence electrons. The van der Waals surface area contributed by atoms with Gasteiger partial charge in [0.05, 0.1) is 5.56 Å². The first-order chi connectivity index (χ1) is 9.41. The Balaban J connectivity index is 2.39. The molecule has 0 amide bonds. The molecule has 0 radical (unpaired) electrons. The average Bonchev–Trinajstić information content (AvgIpc) is 2.84. The third kappa shape index (κ3) is 3.43. The molecule has 0 aliphatic carbocycles. The van der Waals surface area contributed by atoms with Crippen molar-refractivity contribution in [2.75, 3.05) is 6.61 Å². The van der Waals surface area contributed by atoms with Gasteiger partial charge in [0.1, 0.15) is 11.5 Å². The Hall–Kier alpha value is -1.27. The van der Waals surface area contributed by atoms with Crippen molar-refractivity contribution in [2.24, 2.45) is 0 Å². The summed E-state index contributed by atoms with van der Waals surface area (Å²) >= 11 is 3.04. The summed E-state index contributed by atoms with van der Waals surface area (Å²) in [7, 11) is 0. The molecular weight excluding hydrogens is 337 g/mol. The van der Waals surface area contributed by atoms with Gasteiger partial charge in [-0.1, -0.05) is 15.9 Å². The Morgan fingerprint density at radius 2 is 1.90 bits per heavy atom. The third-order valence-corrected chi connectivity index (χ3v) is 3.29. The fourth-order valence-corrected chi connectivity index (χ4v) is 2.24. The molecule has 2 aromatic rings. The fourth-order valence-electron chi connectivity index (χ4n) is 1.88. The first kappa shape index (κ1) is 15.1. The van der Waals surface area contributed by atoms with Crippen LogP contribution in [-0.2, 0) is 12.6 Å².